The molecule has 15 heavy (non-hydrogen) atoms. The van der Waals surface area contributed by atoms with Gasteiger partial charge in [0.05, 0.1) is 6.61 Å². The predicted octanol–water partition coefficient (Wildman–Crippen LogP) is 1.30. The van der Waals surface area contributed by atoms with Gasteiger partial charge in [0.2, 0.25) is 0 Å². The van der Waals surface area contributed by atoms with Crippen LogP contribution in [0.5, 0.6) is 0 Å². The van der Waals surface area contributed by atoms with Crippen LogP contribution in [0.3, 0.4) is 0 Å². The zero-order valence-corrected chi connectivity index (χ0v) is 9.23. The number of thioether (sulfide) groups is 1. The second-order valence-corrected chi connectivity index (χ2v) is 4.56. The van der Waals surface area contributed by atoms with Crippen molar-refractivity contribution >= 4 is 17.7 Å². The molecule has 0 bridgehead atoms. The maximum absolute atomic E-state index is 13.3. The molecule has 3 nitrogen and oxygen atoms in total. The van der Waals surface area contributed by atoms with Gasteiger partial charge in [-0.25, -0.2) is 4.79 Å². The molecule has 0 spiro atoms. The number of aliphatic hydroxyl groups excluding tert-OH is 1. The maximum atomic E-state index is 13.3. The molecule has 1 rings (SSSR count). The summed E-state index contributed by atoms with van der Waals surface area (Å²) in [6.07, 6.45) is -1.41. The van der Waals surface area contributed by atoms with Gasteiger partial charge in [-0.15, -0.1) is 0 Å². The lowest BCUT2D eigenvalue weighted by molar-refractivity contribution is -0.192. The molecule has 1 N–H and O–H groups in total. The van der Waals surface area contributed by atoms with Crippen LogP contribution in [0, 0.1) is 5.92 Å². The third-order valence-electron chi connectivity index (χ3n) is 2.33. The molecule has 0 aromatic rings. The van der Waals surface area contributed by atoms with Gasteiger partial charge in [0.25, 0.3) is 0 Å². The van der Waals surface area contributed by atoms with Gasteiger partial charge in [0.1, 0.15) is 6.10 Å². The van der Waals surface area contributed by atoms with E-state index in [1.54, 1.807) is 0 Å². The van der Waals surface area contributed by atoms with Gasteiger partial charge in [-0.1, -0.05) is 0 Å². The average Bonchev–Trinajstić information content (AvgIpc) is 2.69. The van der Waals surface area contributed by atoms with Crippen molar-refractivity contribution in [2.24, 2.45) is 5.92 Å². The van der Waals surface area contributed by atoms with Crippen molar-refractivity contribution in [3.63, 3.8) is 0 Å². The van der Waals surface area contributed by atoms with Crippen LogP contribution in [0.1, 0.15) is 13.3 Å². The Hall–Kier alpha value is -0.360. The topological polar surface area (TPSA) is 46.5 Å². The number of esters is 1. The molecular formula is C9H14F2O3S. The summed E-state index contributed by atoms with van der Waals surface area (Å²) in [5.74, 6) is -4.72. The third kappa shape index (κ3) is 2.81. The van der Waals surface area contributed by atoms with Crippen LogP contribution >= 0.6 is 11.8 Å². The SMILES string of the molecule is CCOC(=O)C(F)(F)C(O)C1CCSC1. The number of alkyl halides is 2. The Bertz CT molecular complexity index is 229. The van der Waals surface area contributed by atoms with E-state index < -0.39 is 23.9 Å². The Balaban J connectivity index is 2.62. The Morgan fingerprint density at radius 3 is 2.87 bits per heavy atom. The number of rotatable bonds is 4. The van der Waals surface area contributed by atoms with Crippen molar-refractivity contribution in [2.45, 2.75) is 25.4 Å². The second-order valence-electron chi connectivity index (χ2n) is 3.41. The number of aliphatic hydroxyl groups is 1. The molecule has 0 aliphatic carbocycles. The molecular weight excluding hydrogens is 226 g/mol. The lowest BCUT2D eigenvalue weighted by Gasteiger charge is -2.24. The number of halogens is 2. The molecule has 1 aliphatic heterocycles. The number of ether oxygens (including phenoxy) is 1. The summed E-state index contributed by atoms with van der Waals surface area (Å²) >= 11 is 1.51. The fraction of sp³-hybridized carbons (Fsp3) is 0.889. The molecule has 88 valence electrons. The maximum Gasteiger partial charge on any atom is 0.379 e. The summed E-state index contributed by atoms with van der Waals surface area (Å²) in [6.45, 7) is 1.34. The summed E-state index contributed by atoms with van der Waals surface area (Å²) in [7, 11) is 0. The summed E-state index contributed by atoms with van der Waals surface area (Å²) in [6, 6.07) is 0. The van der Waals surface area contributed by atoms with E-state index in [0.29, 0.717) is 12.2 Å². The first-order valence-electron chi connectivity index (χ1n) is 4.81. The van der Waals surface area contributed by atoms with E-state index >= 15 is 0 Å². The van der Waals surface area contributed by atoms with E-state index in [0.717, 1.165) is 5.75 Å². The van der Waals surface area contributed by atoms with E-state index in [1.807, 2.05) is 0 Å². The number of hydrogen-bond acceptors (Lipinski definition) is 4. The fourth-order valence-electron chi connectivity index (χ4n) is 1.45. The number of carbonyl (C=O) groups is 1. The first-order chi connectivity index (χ1) is 7.00. The van der Waals surface area contributed by atoms with Crippen LogP contribution in [0.15, 0.2) is 0 Å². The van der Waals surface area contributed by atoms with Gasteiger partial charge in [0.15, 0.2) is 0 Å². The summed E-state index contributed by atoms with van der Waals surface area (Å²) < 4.78 is 30.9. The molecule has 6 heteroatoms. The lowest BCUT2D eigenvalue weighted by atomic mass is 9.96. The molecule has 2 atom stereocenters. The van der Waals surface area contributed by atoms with Crippen LogP contribution in [0.4, 0.5) is 8.78 Å². The molecule has 1 saturated heterocycles. The third-order valence-corrected chi connectivity index (χ3v) is 3.52. The molecule has 0 amide bonds. The minimum Gasteiger partial charge on any atom is -0.461 e. The van der Waals surface area contributed by atoms with Crippen molar-refractivity contribution in [3.05, 3.63) is 0 Å². The normalized spacial score (nSPS) is 23.9. The van der Waals surface area contributed by atoms with E-state index in [2.05, 4.69) is 4.74 Å². The quantitative estimate of drug-likeness (QED) is 0.752. The summed E-state index contributed by atoms with van der Waals surface area (Å²) in [5, 5.41) is 9.41. The van der Waals surface area contributed by atoms with Gasteiger partial charge in [-0.3, -0.25) is 0 Å². The van der Waals surface area contributed by atoms with Crippen LogP contribution in [0.2, 0.25) is 0 Å². The number of hydrogen-bond donors (Lipinski definition) is 1. The summed E-state index contributed by atoms with van der Waals surface area (Å²) in [5.41, 5.74) is 0. The van der Waals surface area contributed by atoms with E-state index in [1.165, 1.54) is 18.7 Å². The van der Waals surface area contributed by atoms with Crippen LogP contribution in [-0.4, -0.2) is 41.2 Å². The van der Waals surface area contributed by atoms with E-state index in [4.69, 9.17) is 0 Å². The number of carbonyl (C=O) groups excluding carboxylic acids is 1. The first kappa shape index (κ1) is 12.7. The van der Waals surface area contributed by atoms with Crippen molar-refractivity contribution in [2.75, 3.05) is 18.1 Å². The highest BCUT2D eigenvalue weighted by Crippen LogP contribution is 2.34. The highest BCUT2D eigenvalue weighted by molar-refractivity contribution is 7.99. The Morgan fingerprint density at radius 1 is 1.73 bits per heavy atom. The van der Waals surface area contributed by atoms with Gasteiger partial charge in [-0.2, -0.15) is 20.5 Å². The molecule has 0 saturated carbocycles. The van der Waals surface area contributed by atoms with Crippen molar-refractivity contribution in [1.82, 2.24) is 0 Å². The smallest absolute Gasteiger partial charge is 0.379 e. The second kappa shape index (κ2) is 5.12. The minimum atomic E-state index is -3.79. The van der Waals surface area contributed by atoms with Crippen LogP contribution in [0.25, 0.3) is 0 Å². The van der Waals surface area contributed by atoms with Crippen molar-refractivity contribution in [1.29, 1.82) is 0 Å². The lowest BCUT2D eigenvalue weighted by Crippen LogP contribution is -2.46. The molecule has 0 aromatic carbocycles. The van der Waals surface area contributed by atoms with E-state index in [-0.39, 0.29) is 6.61 Å². The highest BCUT2D eigenvalue weighted by Gasteiger charge is 2.51. The molecule has 0 aromatic heterocycles. The first-order valence-corrected chi connectivity index (χ1v) is 5.96. The van der Waals surface area contributed by atoms with Crippen LogP contribution in [-0.2, 0) is 9.53 Å². The monoisotopic (exact) mass is 240 g/mol. The molecule has 2 unspecified atom stereocenters. The molecule has 1 heterocycles. The minimum absolute atomic E-state index is 0.111. The predicted molar refractivity (Wildman–Crippen MR) is 53.0 cm³/mol. The Kier molecular flexibility index (Phi) is 4.33. The zero-order chi connectivity index (χ0) is 11.5. The van der Waals surface area contributed by atoms with Gasteiger partial charge < -0.3 is 9.84 Å². The molecule has 0 radical (unpaired) electrons. The van der Waals surface area contributed by atoms with Crippen molar-refractivity contribution < 1.29 is 23.4 Å². The zero-order valence-electron chi connectivity index (χ0n) is 8.41. The molecule has 1 aliphatic rings. The van der Waals surface area contributed by atoms with Gasteiger partial charge >= 0.3 is 11.9 Å². The standard InChI is InChI=1S/C9H14F2O3S/c1-2-14-8(13)9(10,11)7(12)6-3-4-15-5-6/h6-7,12H,2-5H2,1H3. The van der Waals surface area contributed by atoms with E-state index in [9.17, 15) is 18.7 Å². The highest BCUT2D eigenvalue weighted by atomic mass is 32.2. The molecule has 1 fully saturated rings. The average molecular weight is 240 g/mol. The van der Waals surface area contributed by atoms with Gasteiger partial charge in [-0.05, 0) is 24.9 Å². The van der Waals surface area contributed by atoms with Crippen LogP contribution < -0.4 is 0 Å². The Labute approximate surface area is 91.2 Å². The Morgan fingerprint density at radius 2 is 2.40 bits per heavy atom. The summed E-state index contributed by atoms with van der Waals surface area (Å²) in [4.78, 5) is 10.9. The van der Waals surface area contributed by atoms with Gasteiger partial charge in [0, 0.05) is 5.92 Å². The van der Waals surface area contributed by atoms with Crippen molar-refractivity contribution in [3.8, 4) is 0 Å². The largest absolute Gasteiger partial charge is 0.461 e. The fourth-order valence-corrected chi connectivity index (χ4v) is 2.73.